The number of hydrogen-bond donors (Lipinski definition) is 1. The summed E-state index contributed by atoms with van der Waals surface area (Å²) in [5.74, 6) is 0. The SMILES string of the molecule is O=C/C=C(/C=C\O)SCl. The fourth-order valence-corrected chi connectivity index (χ4v) is 0.775. The van der Waals surface area contributed by atoms with Crippen molar-refractivity contribution in [3.05, 3.63) is 23.3 Å². The first-order valence-corrected chi connectivity index (χ1v) is 3.74. The lowest BCUT2D eigenvalue weighted by Gasteiger charge is -1.85. The summed E-state index contributed by atoms with van der Waals surface area (Å²) in [6, 6.07) is 0. The summed E-state index contributed by atoms with van der Waals surface area (Å²) in [5, 5.41) is 8.19. The zero-order valence-electron chi connectivity index (χ0n) is 4.45. The fraction of sp³-hybridized carbons (Fsp3) is 0. The topological polar surface area (TPSA) is 37.3 Å². The molecule has 50 valence electrons. The van der Waals surface area contributed by atoms with Gasteiger partial charge in [-0.25, -0.2) is 0 Å². The van der Waals surface area contributed by atoms with Gasteiger partial charge in [-0.05, 0) is 33.8 Å². The van der Waals surface area contributed by atoms with Crippen LogP contribution in [-0.2, 0) is 4.79 Å². The van der Waals surface area contributed by atoms with Gasteiger partial charge in [-0.3, -0.25) is 4.79 Å². The van der Waals surface area contributed by atoms with Crippen molar-refractivity contribution in [2.75, 3.05) is 0 Å². The molecule has 0 rings (SSSR count). The summed E-state index contributed by atoms with van der Waals surface area (Å²) < 4.78 is 0. The van der Waals surface area contributed by atoms with E-state index in [9.17, 15) is 4.79 Å². The maximum absolute atomic E-state index is 9.79. The first-order valence-electron chi connectivity index (χ1n) is 2.10. The lowest BCUT2D eigenvalue weighted by atomic mass is 10.5. The highest BCUT2D eigenvalue weighted by atomic mass is 35.7. The average Bonchev–Trinajstić information content (AvgIpc) is 1.88. The summed E-state index contributed by atoms with van der Waals surface area (Å²) in [4.78, 5) is 10.3. The van der Waals surface area contributed by atoms with Crippen molar-refractivity contribution in [3.63, 3.8) is 0 Å². The van der Waals surface area contributed by atoms with E-state index < -0.39 is 0 Å². The Balaban J connectivity index is 3.96. The van der Waals surface area contributed by atoms with Crippen LogP contribution in [0.15, 0.2) is 23.3 Å². The van der Waals surface area contributed by atoms with Gasteiger partial charge in [0, 0.05) is 4.91 Å². The van der Waals surface area contributed by atoms with Crippen LogP contribution in [0.5, 0.6) is 0 Å². The number of aliphatic hydroxyl groups excluding tert-OH is 1. The molecule has 2 nitrogen and oxygen atoms in total. The van der Waals surface area contributed by atoms with Crippen molar-refractivity contribution in [2.24, 2.45) is 0 Å². The predicted octanol–water partition coefficient (Wildman–Crippen LogP) is 2.03. The number of halogens is 1. The number of rotatable bonds is 3. The molecule has 0 saturated carbocycles. The van der Waals surface area contributed by atoms with Crippen LogP contribution in [-0.4, -0.2) is 11.4 Å². The largest absolute Gasteiger partial charge is 0.516 e. The van der Waals surface area contributed by atoms with Gasteiger partial charge in [0.25, 0.3) is 0 Å². The molecule has 0 unspecified atom stereocenters. The molecule has 9 heavy (non-hydrogen) atoms. The zero-order valence-corrected chi connectivity index (χ0v) is 6.02. The zero-order chi connectivity index (χ0) is 7.11. The number of hydrogen-bond acceptors (Lipinski definition) is 3. The molecule has 1 N–H and O–H groups in total. The quantitative estimate of drug-likeness (QED) is 0.300. The van der Waals surface area contributed by atoms with E-state index >= 15 is 0 Å². The van der Waals surface area contributed by atoms with Crippen LogP contribution in [0, 0.1) is 0 Å². The molecule has 0 aliphatic rings. The van der Waals surface area contributed by atoms with Crippen LogP contribution in [0.3, 0.4) is 0 Å². The lowest BCUT2D eigenvalue weighted by molar-refractivity contribution is -0.104. The van der Waals surface area contributed by atoms with Crippen LogP contribution >= 0.6 is 21.7 Å². The van der Waals surface area contributed by atoms with Gasteiger partial charge in [0.2, 0.25) is 0 Å². The number of aliphatic hydroxyl groups is 1. The van der Waals surface area contributed by atoms with Gasteiger partial charge in [-0.2, -0.15) is 0 Å². The highest BCUT2D eigenvalue weighted by Gasteiger charge is 1.86. The van der Waals surface area contributed by atoms with Crippen molar-refractivity contribution in [1.82, 2.24) is 0 Å². The second-order valence-corrected chi connectivity index (χ2v) is 2.19. The average molecular weight is 165 g/mol. The van der Waals surface area contributed by atoms with Gasteiger partial charge in [0.15, 0.2) is 0 Å². The van der Waals surface area contributed by atoms with E-state index in [1.165, 1.54) is 12.2 Å². The molecule has 0 aromatic heterocycles. The first kappa shape index (κ1) is 8.59. The molecule has 0 heterocycles. The molecule has 0 aromatic carbocycles. The Hall–Kier alpha value is -0.410. The Morgan fingerprint density at radius 1 is 1.67 bits per heavy atom. The maximum atomic E-state index is 9.79. The van der Waals surface area contributed by atoms with Gasteiger partial charge in [0.1, 0.15) is 6.29 Å². The normalized spacial score (nSPS) is 12.3. The molecule has 0 fully saturated rings. The first-order chi connectivity index (χ1) is 4.35. The Morgan fingerprint density at radius 3 is 2.67 bits per heavy atom. The Morgan fingerprint density at radius 2 is 2.33 bits per heavy atom. The van der Waals surface area contributed by atoms with E-state index in [2.05, 4.69) is 0 Å². The summed E-state index contributed by atoms with van der Waals surface area (Å²) >= 11 is 0. The minimum atomic E-state index is 0.508. The van der Waals surface area contributed by atoms with Crippen molar-refractivity contribution >= 4 is 27.9 Å². The smallest absolute Gasteiger partial charge is 0.143 e. The molecule has 0 spiro atoms. The molecule has 0 radical (unpaired) electrons. The van der Waals surface area contributed by atoms with Gasteiger partial charge in [-0.15, -0.1) is 0 Å². The van der Waals surface area contributed by atoms with Crippen LogP contribution in [0.4, 0.5) is 0 Å². The van der Waals surface area contributed by atoms with E-state index in [0.717, 1.165) is 17.2 Å². The summed E-state index contributed by atoms with van der Waals surface area (Å²) in [6.45, 7) is 0. The van der Waals surface area contributed by atoms with Crippen molar-refractivity contribution in [1.29, 1.82) is 0 Å². The minimum absolute atomic E-state index is 0.508. The molecule has 0 aliphatic carbocycles. The molecule has 0 aromatic rings. The van der Waals surface area contributed by atoms with Crippen molar-refractivity contribution in [3.8, 4) is 0 Å². The molecule has 0 amide bonds. The maximum Gasteiger partial charge on any atom is 0.143 e. The minimum Gasteiger partial charge on any atom is -0.516 e. The molecule has 0 bridgehead atoms. The van der Waals surface area contributed by atoms with Gasteiger partial charge < -0.3 is 5.11 Å². The number of aldehydes is 1. The molecular weight excluding hydrogens is 160 g/mol. The predicted molar refractivity (Wildman–Crippen MR) is 39.4 cm³/mol. The highest BCUT2D eigenvalue weighted by Crippen LogP contribution is 2.19. The van der Waals surface area contributed by atoms with Gasteiger partial charge in [-0.1, -0.05) is 0 Å². The van der Waals surface area contributed by atoms with E-state index in [4.69, 9.17) is 15.8 Å². The van der Waals surface area contributed by atoms with Crippen molar-refractivity contribution in [2.45, 2.75) is 0 Å². The number of allylic oxidation sites excluding steroid dienone is 2. The van der Waals surface area contributed by atoms with Crippen molar-refractivity contribution < 1.29 is 9.90 Å². The fourth-order valence-electron chi connectivity index (χ4n) is 0.248. The van der Waals surface area contributed by atoms with E-state index in [-0.39, 0.29) is 0 Å². The number of carbonyl (C=O) groups excluding carboxylic acids is 1. The Labute approximate surface area is 61.7 Å². The summed E-state index contributed by atoms with van der Waals surface area (Å²) in [5.41, 5.74) is 0. The third-order valence-electron chi connectivity index (χ3n) is 0.560. The standard InChI is InChI=1S/C5H5ClO2S/c6-9-5(1-3-7)2-4-8/h1-4,7H/b3-1-,5-2-. The Bertz CT molecular complexity index is 142. The molecular formula is C5H5ClO2S. The van der Waals surface area contributed by atoms with E-state index in [1.54, 1.807) is 0 Å². The molecule has 0 saturated heterocycles. The highest BCUT2D eigenvalue weighted by molar-refractivity contribution is 8.24. The van der Waals surface area contributed by atoms with E-state index in [0.29, 0.717) is 11.2 Å². The second kappa shape index (κ2) is 5.72. The number of carbonyl (C=O) groups is 1. The molecule has 0 aliphatic heterocycles. The Kier molecular flexibility index (Phi) is 5.46. The van der Waals surface area contributed by atoms with Gasteiger partial charge in [0.05, 0.1) is 6.26 Å². The van der Waals surface area contributed by atoms with Crippen LogP contribution in [0.25, 0.3) is 0 Å². The van der Waals surface area contributed by atoms with Gasteiger partial charge >= 0.3 is 0 Å². The second-order valence-electron chi connectivity index (χ2n) is 1.10. The molecule has 0 atom stereocenters. The molecule has 4 heteroatoms. The monoisotopic (exact) mass is 164 g/mol. The third kappa shape index (κ3) is 4.12. The summed E-state index contributed by atoms with van der Waals surface area (Å²) in [6.07, 6.45) is 4.01. The lowest BCUT2D eigenvalue weighted by Crippen LogP contribution is -1.67. The van der Waals surface area contributed by atoms with E-state index in [1.807, 2.05) is 0 Å². The van der Waals surface area contributed by atoms with Crippen LogP contribution in [0.2, 0.25) is 0 Å². The van der Waals surface area contributed by atoms with Crippen LogP contribution in [0.1, 0.15) is 0 Å². The summed E-state index contributed by atoms with van der Waals surface area (Å²) in [7, 11) is 6.13. The third-order valence-corrected chi connectivity index (χ3v) is 1.55. The van der Waals surface area contributed by atoms with Crippen LogP contribution < -0.4 is 0 Å².